The molecule has 3 aliphatic heterocycles. The molecule has 0 radical (unpaired) electrons. The molecule has 1 spiro atoms. The molecule has 0 saturated carbocycles. The van der Waals surface area contributed by atoms with Crippen LogP contribution in [0, 0.1) is 12.3 Å². The molecular weight excluding hydrogens is 372 g/mol. The topological polar surface area (TPSA) is 47.1 Å². The summed E-state index contributed by atoms with van der Waals surface area (Å²) in [4.78, 5) is 36.5. The van der Waals surface area contributed by atoms with Gasteiger partial charge < -0.3 is 14.7 Å². The molecular formula is C21H32N4O2S. The second kappa shape index (κ2) is 7.76. The van der Waals surface area contributed by atoms with Gasteiger partial charge in [-0.15, -0.1) is 11.3 Å². The molecule has 4 heterocycles. The molecule has 7 heteroatoms. The highest BCUT2D eigenvalue weighted by Gasteiger charge is 2.48. The second-order valence-corrected chi connectivity index (χ2v) is 10.3. The molecule has 0 N–H and O–H groups in total. The van der Waals surface area contributed by atoms with Gasteiger partial charge in [0.1, 0.15) is 0 Å². The molecule has 0 bridgehead atoms. The summed E-state index contributed by atoms with van der Waals surface area (Å²) in [6.07, 6.45) is 2.94. The Morgan fingerprint density at radius 1 is 1.00 bits per heavy atom. The highest BCUT2D eigenvalue weighted by molar-refractivity contribution is 7.13. The van der Waals surface area contributed by atoms with Gasteiger partial charge in [0.25, 0.3) is 5.91 Å². The zero-order valence-corrected chi connectivity index (χ0v) is 18.1. The van der Waals surface area contributed by atoms with E-state index in [0.717, 1.165) is 70.0 Å². The molecule has 154 valence electrons. The maximum Gasteiger partial charge on any atom is 0.263 e. The van der Waals surface area contributed by atoms with Crippen molar-refractivity contribution in [1.29, 1.82) is 0 Å². The lowest BCUT2D eigenvalue weighted by Gasteiger charge is -2.39. The Morgan fingerprint density at radius 3 is 2.29 bits per heavy atom. The first kappa shape index (κ1) is 19.9. The van der Waals surface area contributed by atoms with Crippen LogP contribution in [-0.4, -0.2) is 97.4 Å². The Hall–Kier alpha value is -1.44. The van der Waals surface area contributed by atoms with Crippen molar-refractivity contribution in [2.24, 2.45) is 5.41 Å². The van der Waals surface area contributed by atoms with Crippen molar-refractivity contribution in [2.75, 3.05) is 59.9 Å². The first-order valence-corrected chi connectivity index (χ1v) is 11.2. The maximum atomic E-state index is 13.1. The zero-order valence-electron chi connectivity index (χ0n) is 17.3. The van der Waals surface area contributed by atoms with Crippen LogP contribution in [0.1, 0.15) is 33.8 Å². The van der Waals surface area contributed by atoms with E-state index in [1.165, 1.54) is 4.88 Å². The number of amides is 2. The van der Waals surface area contributed by atoms with Gasteiger partial charge in [0.05, 0.1) is 10.9 Å². The molecule has 1 aromatic rings. The molecule has 2 amide bonds. The summed E-state index contributed by atoms with van der Waals surface area (Å²) in [6, 6.07) is 3.97. The van der Waals surface area contributed by atoms with Crippen molar-refractivity contribution in [2.45, 2.75) is 32.2 Å². The number of likely N-dealkylation sites (N-methyl/N-ethyl adjacent to an activating group) is 2. The molecule has 0 aromatic carbocycles. The normalized spacial score (nSPS) is 26.2. The maximum absolute atomic E-state index is 13.1. The van der Waals surface area contributed by atoms with Crippen LogP contribution in [0.15, 0.2) is 12.1 Å². The molecule has 0 aliphatic carbocycles. The molecule has 6 nitrogen and oxygen atoms in total. The monoisotopic (exact) mass is 404 g/mol. The number of aryl methyl sites for hydroxylation is 1. The third kappa shape index (κ3) is 3.84. The van der Waals surface area contributed by atoms with Gasteiger partial charge in [-0.05, 0) is 57.8 Å². The van der Waals surface area contributed by atoms with E-state index in [0.29, 0.717) is 5.91 Å². The van der Waals surface area contributed by atoms with Crippen LogP contribution >= 0.6 is 11.3 Å². The largest absolute Gasteiger partial charge is 0.339 e. The predicted octanol–water partition coefficient (Wildman–Crippen LogP) is 1.76. The van der Waals surface area contributed by atoms with Gasteiger partial charge in [0, 0.05) is 50.7 Å². The molecule has 1 unspecified atom stereocenters. The number of carbonyl (C=O) groups is 2. The average molecular weight is 405 g/mol. The Labute approximate surface area is 172 Å². The van der Waals surface area contributed by atoms with Gasteiger partial charge in [-0.3, -0.25) is 14.5 Å². The van der Waals surface area contributed by atoms with E-state index in [1.54, 1.807) is 11.3 Å². The zero-order chi connectivity index (χ0) is 19.9. The van der Waals surface area contributed by atoms with E-state index in [2.05, 4.69) is 28.8 Å². The van der Waals surface area contributed by atoms with E-state index in [1.807, 2.05) is 24.0 Å². The van der Waals surface area contributed by atoms with Crippen molar-refractivity contribution in [3.63, 3.8) is 0 Å². The minimum Gasteiger partial charge on any atom is -0.339 e. The van der Waals surface area contributed by atoms with E-state index in [9.17, 15) is 9.59 Å². The summed E-state index contributed by atoms with van der Waals surface area (Å²) in [5.41, 5.74) is 0.184. The number of piperidine rings is 1. The van der Waals surface area contributed by atoms with Crippen LogP contribution in [-0.2, 0) is 4.79 Å². The lowest BCUT2D eigenvalue weighted by Crippen LogP contribution is -2.52. The number of carbonyl (C=O) groups excluding carboxylic acids is 2. The summed E-state index contributed by atoms with van der Waals surface area (Å²) in [5, 5.41) is 0. The van der Waals surface area contributed by atoms with Crippen LogP contribution in [0.3, 0.4) is 0 Å². The average Bonchev–Trinajstić information content (AvgIpc) is 3.25. The predicted molar refractivity (Wildman–Crippen MR) is 112 cm³/mol. The van der Waals surface area contributed by atoms with Gasteiger partial charge in [0.2, 0.25) is 5.91 Å². The van der Waals surface area contributed by atoms with Gasteiger partial charge in [-0.1, -0.05) is 0 Å². The van der Waals surface area contributed by atoms with Gasteiger partial charge in [-0.25, -0.2) is 0 Å². The summed E-state index contributed by atoms with van der Waals surface area (Å²) >= 11 is 1.58. The van der Waals surface area contributed by atoms with Crippen molar-refractivity contribution < 1.29 is 9.59 Å². The van der Waals surface area contributed by atoms with Crippen molar-refractivity contribution in [3.05, 3.63) is 21.9 Å². The van der Waals surface area contributed by atoms with E-state index >= 15 is 0 Å². The van der Waals surface area contributed by atoms with Gasteiger partial charge >= 0.3 is 0 Å². The number of thiophene rings is 1. The minimum atomic E-state index is 0.00519. The van der Waals surface area contributed by atoms with Crippen molar-refractivity contribution >= 4 is 23.2 Å². The molecule has 3 aliphatic rings. The van der Waals surface area contributed by atoms with E-state index < -0.39 is 0 Å². The first-order valence-electron chi connectivity index (χ1n) is 10.4. The van der Waals surface area contributed by atoms with Crippen LogP contribution < -0.4 is 0 Å². The van der Waals surface area contributed by atoms with Crippen molar-refractivity contribution in [3.8, 4) is 0 Å². The summed E-state index contributed by atoms with van der Waals surface area (Å²) in [5.74, 6) is 0.476. The molecule has 28 heavy (non-hydrogen) atoms. The highest BCUT2D eigenvalue weighted by atomic mass is 32.1. The molecule has 1 atom stereocenters. The number of nitrogens with zero attached hydrogens (tertiary/aromatic N) is 4. The lowest BCUT2D eigenvalue weighted by molar-refractivity contribution is -0.137. The Balaban J connectivity index is 1.35. The Bertz CT molecular complexity index is 733. The van der Waals surface area contributed by atoms with E-state index in [-0.39, 0.29) is 17.4 Å². The van der Waals surface area contributed by atoms with E-state index in [4.69, 9.17) is 0 Å². The van der Waals surface area contributed by atoms with Crippen LogP contribution in [0.4, 0.5) is 0 Å². The SMILES string of the molecule is Cc1ccc(C(=O)N2CCC3(CC2)CC(C(=O)N2CCN(C)CC2)N(C)C3)s1. The number of hydrogen-bond acceptors (Lipinski definition) is 5. The fraction of sp³-hybridized carbons (Fsp3) is 0.714. The Kier molecular flexibility index (Phi) is 5.51. The second-order valence-electron chi connectivity index (χ2n) is 8.97. The van der Waals surface area contributed by atoms with Gasteiger partial charge in [0.15, 0.2) is 0 Å². The smallest absolute Gasteiger partial charge is 0.263 e. The lowest BCUT2D eigenvalue weighted by atomic mass is 9.76. The first-order chi connectivity index (χ1) is 13.4. The number of hydrogen-bond donors (Lipinski definition) is 0. The number of piperazine rings is 1. The minimum absolute atomic E-state index is 0.00519. The Morgan fingerprint density at radius 2 is 1.68 bits per heavy atom. The number of rotatable bonds is 2. The standard InChI is InChI=1S/C21H32N4O2S/c1-16-4-5-18(28-16)20(27)24-8-6-21(7-9-24)14-17(23(3)15-21)19(26)25-12-10-22(2)11-13-25/h4-5,17H,6-15H2,1-3H3. The number of likely N-dealkylation sites (tertiary alicyclic amines) is 2. The molecule has 1 aromatic heterocycles. The van der Waals surface area contributed by atoms with Crippen LogP contribution in [0.2, 0.25) is 0 Å². The summed E-state index contributed by atoms with van der Waals surface area (Å²) in [6.45, 7) is 8.23. The highest BCUT2D eigenvalue weighted by Crippen LogP contribution is 2.43. The third-order valence-electron chi connectivity index (χ3n) is 6.91. The van der Waals surface area contributed by atoms with Gasteiger partial charge in [-0.2, -0.15) is 0 Å². The van der Waals surface area contributed by atoms with Crippen LogP contribution in [0.25, 0.3) is 0 Å². The molecule has 3 fully saturated rings. The van der Waals surface area contributed by atoms with Crippen LogP contribution in [0.5, 0.6) is 0 Å². The third-order valence-corrected chi connectivity index (χ3v) is 7.89. The fourth-order valence-electron chi connectivity index (χ4n) is 5.03. The molecule has 4 rings (SSSR count). The fourth-order valence-corrected chi connectivity index (χ4v) is 5.87. The summed E-state index contributed by atoms with van der Waals surface area (Å²) < 4.78 is 0. The summed E-state index contributed by atoms with van der Waals surface area (Å²) in [7, 11) is 4.21. The van der Waals surface area contributed by atoms with Crippen molar-refractivity contribution in [1.82, 2.24) is 19.6 Å². The quantitative estimate of drug-likeness (QED) is 0.754. The molecule has 3 saturated heterocycles.